The van der Waals surface area contributed by atoms with Gasteiger partial charge in [0.2, 0.25) is 5.91 Å². The Kier molecular flexibility index (Phi) is 3.55. The minimum Gasteiger partial charge on any atom is -0.347 e. The smallest absolute Gasteiger partial charge is 0.220 e. The Labute approximate surface area is 124 Å². The summed E-state index contributed by atoms with van der Waals surface area (Å²) in [4.78, 5) is 12.0. The number of carbonyl (C=O) groups excluding carboxylic acids is 1. The number of rotatable bonds is 5. The number of nitrogens with zero attached hydrogens (tertiary/aromatic N) is 1. The lowest BCUT2D eigenvalue weighted by atomic mass is 10.0. The molecule has 1 aliphatic carbocycles. The molecule has 6 heteroatoms. The predicted molar refractivity (Wildman–Crippen MR) is 80.9 cm³/mol. The van der Waals surface area contributed by atoms with Gasteiger partial charge in [0.1, 0.15) is 0 Å². The lowest BCUT2D eigenvalue weighted by Gasteiger charge is -2.19. The summed E-state index contributed by atoms with van der Waals surface area (Å²) in [6.07, 6.45) is 2.61. The summed E-state index contributed by atoms with van der Waals surface area (Å²) in [5.41, 5.74) is 10.3. The van der Waals surface area contributed by atoms with E-state index in [9.17, 15) is 4.79 Å². The molecule has 0 radical (unpaired) electrons. The van der Waals surface area contributed by atoms with Gasteiger partial charge in [0.05, 0.1) is 5.54 Å². The number of benzene rings is 1. The highest BCUT2D eigenvalue weighted by molar-refractivity contribution is 5.98. The largest absolute Gasteiger partial charge is 0.347 e. The zero-order valence-corrected chi connectivity index (χ0v) is 12.4. The quantitative estimate of drug-likeness (QED) is 0.654. The van der Waals surface area contributed by atoms with Crippen LogP contribution in [0.25, 0.3) is 0 Å². The Morgan fingerprint density at radius 1 is 1.33 bits per heavy atom. The van der Waals surface area contributed by atoms with Crippen LogP contribution in [-0.4, -0.2) is 11.7 Å². The monoisotopic (exact) mass is 287 g/mol. The van der Waals surface area contributed by atoms with Crippen molar-refractivity contribution in [1.82, 2.24) is 21.8 Å². The number of hydrogen-bond donors (Lipinski definition) is 4. The van der Waals surface area contributed by atoms with Gasteiger partial charge in [-0.05, 0) is 24.3 Å². The molecule has 0 aromatic heterocycles. The van der Waals surface area contributed by atoms with E-state index in [2.05, 4.69) is 52.9 Å². The third kappa shape index (κ3) is 3.00. The van der Waals surface area contributed by atoms with Gasteiger partial charge >= 0.3 is 0 Å². The first-order valence-corrected chi connectivity index (χ1v) is 7.35. The maximum absolute atomic E-state index is 12.0. The molecule has 1 heterocycles. The Morgan fingerprint density at radius 2 is 2.05 bits per heavy atom. The van der Waals surface area contributed by atoms with E-state index in [1.165, 1.54) is 5.56 Å². The molecule has 3 rings (SSSR count). The Hall–Kier alpha value is -2.08. The highest BCUT2D eigenvalue weighted by atomic mass is 16.1. The fourth-order valence-corrected chi connectivity index (χ4v) is 2.58. The zero-order chi connectivity index (χ0) is 14.9. The molecule has 1 saturated carbocycles. The molecule has 2 aliphatic rings. The van der Waals surface area contributed by atoms with Crippen LogP contribution in [0.5, 0.6) is 0 Å². The second-order valence-corrected chi connectivity index (χ2v) is 6.13. The molecule has 0 unspecified atom stereocenters. The average molecular weight is 287 g/mol. The van der Waals surface area contributed by atoms with Gasteiger partial charge in [0.15, 0.2) is 5.84 Å². The molecule has 0 saturated heterocycles. The van der Waals surface area contributed by atoms with Crippen molar-refractivity contribution in [3.05, 3.63) is 35.4 Å². The molecule has 6 nitrogen and oxygen atoms in total. The van der Waals surface area contributed by atoms with Crippen LogP contribution in [0.15, 0.2) is 29.4 Å². The van der Waals surface area contributed by atoms with Crippen molar-refractivity contribution in [2.75, 3.05) is 0 Å². The molecule has 1 aromatic carbocycles. The summed E-state index contributed by atoms with van der Waals surface area (Å²) in [6, 6.07) is 8.18. The second-order valence-electron chi connectivity index (χ2n) is 6.13. The summed E-state index contributed by atoms with van der Waals surface area (Å²) < 4.78 is 0. The minimum atomic E-state index is -0.147. The standard InChI is InChI=1S/C15H21N5O/c1-10(2)9-13(21)16-15(7-8-15)12-5-3-11(4-6-12)14-17-19-20-18-14/h3-6,10,19-20H,7-9H2,1-2H3,(H,16,21)(H,17,18). The van der Waals surface area contributed by atoms with Gasteiger partial charge in [0.25, 0.3) is 0 Å². The number of hydrazine groups is 2. The van der Waals surface area contributed by atoms with E-state index in [1.54, 1.807) is 0 Å². The van der Waals surface area contributed by atoms with Crippen LogP contribution in [0.2, 0.25) is 0 Å². The summed E-state index contributed by atoms with van der Waals surface area (Å²) in [6.45, 7) is 4.12. The van der Waals surface area contributed by atoms with E-state index >= 15 is 0 Å². The zero-order valence-electron chi connectivity index (χ0n) is 12.4. The van der Waals surface area contributed by atoms with Gasteiger partial charge < -0.3 is 5.32 Å². The van der Waals surface area contributed by atoms with Crippen LogP contribution < -0.4 is 21.8 Å². The van der Waals surface area contributed by atoms with Gasteiger partial charge in [-0.25, -0.2) is 5.53 Å². The fraction of sp³-hybridized carbons (Fsp3) is 0.467. The van der Waals surface area contributed by atoms with E-state index in [4.69, 9.17) is 0 Å². The van der Waals surface area contributed by atoms with Gasteiger partial charge in [-0.15, -0.1) is 10.6 Å². The Balaban J connectivity index is 1.70. The molecule has 1 aliphatic heterocycles. The van der Waals surface area contributed by atoms with Gasteiger partial charge in [-0.2, -0.15) is 0 Å². The molecule has 1 amide bonds. The van der Waals surface area contributed by atoms with Crippen LogP contribution in [-0.2, 0) is 10.3 Å². The van der Waals surface area contributed by atoms with Gasteiger partial charge in [0, 0.05) is 12.0 Å². The van der Waals surface area contributed by atoms with Gasteiger partial charge in [-0.1, -0.05) is 38.1 Å². The number of carbonyl (C=O) groups is 1. The maximum Gasteiger partial charge on any atom is 0.220 e. The van der Waals surface area contributed by atoms with E-state index in [0.29, 0.717) is 12.3 Å². The van der Waals surface area contributed by atoms with Crippen molar-refractivity contribution in [1.29, 1.82) is 0 Å². The topological polar surface area (TPSA) is 77.5 Å². The molecule has 0 bridgehead atoms. The normalized spacial score (nSPS) is 18.7. The second kappa shape index (κ2) is 5.37. The predicted octanol–water partition coefficient (Wildman–Crippen LogP) is 1.11. The molecule has 4 N–H and O–H groups in total. The summed E-state index contributed by atoms with van der Waals surface area (Å²) in [7, 11) is 0. The Bertz CT molecular complexity index is 560. The van der Waals surface area contributed by atoms with Crippen LogP contribution in [0, 0.1) is 5.92 Å². The summed E-state index contributed by atoms with van der Waals surface area (Å²) in [5, 5.41) is 7.26. The number of amides is 1. The van der Waals surface area contributed by atoms with Crippen molar-refractivity contribution in [2.45, 2.75) is 38.6 Å². The SMILES string of the molecule is CC(C)CC(=O)NC1(c2ccc(C3=NNNN3)cc2)CC1. The van der Waals surface area contributed by atoms with Crippen LogP contribution in [0.1, 0.15) is 44.2 Å². The summed E-state index contributed by atoms with van der Waals surface area (Å²) >= 11 is 0. The molecule has 21 heavy (non-hydrogen) atoms. The molecular formula is C15H21N5O. The van der Waals surface area contributed by atoms with E-state index in [1.807, 2.05) is 12.1 Å². The first kappa shape index (κ1) is 13.9. The first-order chi connectivity index (χ1) is 10.1. The number of nitrogens with one attached hydrogen (secondary N) is 4. The molecule has 0 atom stereocenters. The van der Waals surface area contributed by atoms with E-state index in [0.717, 1.165) is 24.2 Å². The van der Waals surface area contributed by atoms with Crippen LogP contribution in [0.3, 0.4) is 0 Å². The van der Waals surface area contributed by atoms with Crippen molar-refractivity contribution in [2.24, 2.45) is 11.0 Å². The molecular weight excluding hydrogens is 266 g/mol. The number of hydrogen-bond acceptors (Lipinski definition) is 5. The summed E-state index contributed by atoms with van der Waals surface area (Å²) in [5.74, 6) is 1.28. The molecule has 1 aromatic rings. The molecule has 0 spiro atoms. The number of amidine groups is 1. The third-order valence-electron chi connectivity index (χ3n) is 3.84. The van der Waals surface area contributed by atoms with Crippen molar-refractivity contribution in [3.63, 3.8) is 0 Å². The van der Waals surface area contributed by atoms with Crippen molar-refractivity contribution in [3.8, 4) is 0 Å². The van der Waals surface area contributed by atoms with E-state index in [-0.39, 0.29) is 11.4 Å². The van der Waals surface area contributed by atoms with Crippen molar-refractivity contribution >= 4 is 11.7 Å². The fourth-order valence-electron chi connectivity index (χ4n) is 2.58. The van der Waals surface area contributed by atoms with E-state index < -0.39 is 0 Å². The first-order valence-electron chi connectivity index (χ1n) is 7.35. The third-order valence-corrected chi connectivity index (χ3v) is 3.84. The Morgan fingerprint density at radius 3 is 2.57 bits per heavy atom. The van der Waals surface area contributed by atoms with Gasteiger partial charge in [-0.3, -0.25) is 10.2 Å². The molecule has 112 valence electrons. The minimum absolute atomic E-state index is 0.141. The van der Waals surface area contributed by atoms with Crippen LogP contribution >= 0.6 is 0 Å². The highest BCUT2D eigenvalue weighted by Crippen LogP contribution is 2.45. The van der Waals surface area contributed by atoms with Crippen LogP contribution in [0.4, 0.5) is 0 Å². The maximum atomic E-state index is 12.0. The lowest BCUT2D eigenvalue weighted by Crippen LogP contribution is -2.36. The molecule has 1 fully saturated rings. The lowest BCUT2D eigenvalue weighted by molar-refractivity contribution is -0.122. The average Bonchev–Trinajstić information content (AvgIpc) is 3.02. The highest BCUT2D eigenvalue weighted by Gasteiger charge is 2.45. The number of hydrazone groups is 1. The van der Waals surface area contributed by atoms with Crippen molar-refractivity contribution < 1.29 is 4.79 Å².